The summed E-state index contributed by atoms with van der Waals surface area (Å²) in [6.45, 7) is 4.27. The molecule has 0 aliphatic heterocycles. The van der Waals surface area contributed by atoms with Gasteiger partial charge in [-0.3, -0.25) is 4.79 Å². The van der Waals surface area contributed by atoms with E-state index in [0.717, 1.165) is 23.5 Å². The first kappa shape index (κ1) is 17.4. The molecule has 1 amide bonds. The molecular weight excluding hydrogens is 310 g/mol. The lowest BCUT2D eigenvalue weighted by Gasteiger charge is -2.20. The number of ether oxygens (including phenoxy) is 1. The molecule has 4 heteroatoms. The van der Waals surface area contributed by atoms with Gasteiger partial charge >= 0.3 is 0 Å². The molecule has 122 valence electrons. The summed E-state index contributed by atoms with van der Waals surface area (Å²) in [6.07, 6.45) is 0.774. The lowest BCUT2D eigenvalue weighted by atomic mass is 9.95. The molecule has 2 aromatic carbocycles. The summed E-state index contributed by atoms with van der Waals surface area (Å²) in [5.74, 6) is 1.91. The second kappa shape index (κ2) is 8.02. The molecule has 0 bridgehead atoms. The van der Waals surface area contributed by atoms with E-state index in [2.05, 4.69) is 5.32 Å². The van der Waals surface area contributed by atoms with Crippen molar-refractivity contribution in [3.63, 3.8) is 0 Å². The smallest absolute Gasteiger partial charge is 0.226 e. The van der Waals surface area contributed by atoms with Gasteiger partial charge in [0.15, 0.2) is 0 Å². The number of carbonyl (C=O) groups excluding carboxylic acids is 1. The number of alkyl halides is 1. The number of para-hydroxylation sites is 1. The van der Waals surface area contributed by atoms with Crippen LogP contribution in [0.25, 0.3) is 0 Å². The molecule has 3 nitrogen and oxygen atoms in total. The Kier molecular flexibility index (Phi) is 6.05. The minimum absolute atomic E-state index is 0.0171. The summed E-state index contributed by atoms with van der Waals surface area (Å²) in [4.78, 5) is 11.9. The van der Waals surface area contributed by atoms with Crippen molar-refractivity contribution in [3.05, 3.63) is 60.2 Å². The van der Waals surface area contributed by atoms with E-state index in [0.29, 0.717) is 12.4 Å². The Morgan fingerprint density at radius 3 is 2.26 bits per heavy atom. The molecule has 0 spiro atoms. The summed E-state index contributed by atoms with van der Waals surface area (Å²) >= 11 is 5.79. The first-order valence-electron chi connectivity index (χ1n) is 7.67. The van der Waals surface area contributed by atoms with Crippen molar-refractivity contribution in [2.24, 2.45) is 5.41 Å². The molecule has 0 heterocycles. The Bertz CT molecular complexity index is 624. The van der Waals surface area contributed by atoms with E-state index in [1.807, 2.05) is 68.4 Å². The van der Waals surface area contributed by atoms with Crippen molar-refractivity contribution >= 4 is 17.5 Å². The quantitative estimate of drug-likeness (QED) is 0.763. The number of nitrogens with one attached hydrogen (secondary N) is 1. The van der Waals surface area contributed by atoms with Crippen LogP contribution in [-0.4, -0.2) is 18.3 Å². The summed E-state index contributed by atoms with van der Waals surface area (Å²) < 4.78 is 5.75. The van der Waals surface area contributed by atoms with Gasteiger partial charge in [-0.05, 0) is 50.1 Å². The van der Waals surface area contributed by atoms with Crippen molar-refractivity contribution in [1.82, 2.24) is 5.32 Å². The zero-order valence-electron chi connectivity index (χ0n) is 13.5. The first-order valence-corrected chi connectivity index (χ1v) is 8.21. The number of hydrogen-bond donors (Lipinski definition) is 1. The van der Waals surface area contributed by atoms with E-state index in [-0.39, 0.29) is 5.91 Å². The van der Waals surface area contributed by atoms with Gasteiger partial charge in [0.2, 0.25) is 5.91 Å². The van der Waals surface area contributed by atoms with Gasteiger partial charge in [-0.15, -0.1) is 11.6 Å². The van der Waals surface area contributed by atoms with Crippen LogP contribution in [0.4, 0.5) is 0 Å². The Hall–Kier alpha value is -2.00. The first-order chi connectivity index (χ1) is 11.0. The van der Waals surface area contributed by atoms with Gasteiger partial charge in [0.25, 0.3) is 0 Å². The molecule has 0 radical (unpaired) electrons. The van der Waals surface area contributed by atoms with E-state index in [9.17, 15) is 4.79 Å². The fraction of sp³-hybridized carbons (Fsp3) is 0.316. The fourth-order valence-electron chi connectivity index (χ4n) is 1.97. The predicted molar refractivity (Wildman–Crippen MR) is 94.2 cm³/mol. The van der Waals surface area contributed by atoms with E-state index in [4.69, 9.17) is 16.3 Å². The third-order valence-corrected chi connectivity index (χ3v) is 4.22. The van der Waals surface area contributed by atoms with E-state index in [1.165, 1.54) is 0 Å². The lowest BCUT2D eigenvalue weighted by molar-refractivity contribution is -0.128. The van der Waals surface area contributed by atoms with Crippen molar-refractivity contribution in [3.8, 4) is 11.5 Å². The van der Waals surface area contributed by atoms with Gasteiger partial charge in [-0.2, -0.15) is 0 Å². The van der Waals surface area contributed by atoms with Gasteiger partial charge in [-0.1, -0.05) is 30.3 Å². The Morgan fingerprint density at radius 1 is 1.04 bits per heavy atom. The molecule has 0 aliphatic rings. The predicted octanol–water partition coefficient (Wildman–Crippen LogP) is 4.40. The maximum atomic E-state index is 11.9. The van der Waals surface area contributed by atoms with Crippen LogP contribution in [0.2, 0.25) is 0 Å². The Balaban J connectivity index is 1.82. The molecule has 2 rings (SSSR count). The molecular formula is C19H22ClNO2. The number of rotatable bonds is 7. The Labute approximate surface area is 142 Å². The van der Waals surface area contributed by atoms with Crippen LogP contribution in [0, 0.1) is 5.41 Å². The lowest BCUT2D eigenvalue weighted by Crippen LogP contribution is -2.39. The molecule has 0 saturated heterocycles. The van der Waals surface area contributed by atoms with Crippen LogP contribution in [0.5, 0.6) is 11.5 Å². The molecule has 0 saturated carbocycles. The second-order valence-corrected chi connectivity index (χ2v) is 6.35. The highest BCUT2D eigenvalue weighted by atomic mass is 35.5. The Morgan fingerprint density at radius 2 is 1.65 bits per heavy atom. The zero-order chi connectivity index (χ0) is 16.7. The number of carbonyl (C=O) groups is 1. The number of halogens is 1. The maximum absolute atomic E-state index is 11.9. The van der Waals surface area contributed by atoms with Gasteiger partial charge < -0.3 is 10.1 Å². The second-order valence-electron chi connectivity index (χ2n) is 6.08. The highest BCUT2D eigenvalue weighted by Crippen LogP contribution is 2.21. The van der Waals surface area contributed by atoms with E-state index < -0.39 is 5.41 Å². The average Bonchev–Trinajstić information content (AvgIpc) is 2.57. The van der Waals surface area contributed by atoms with Crippen LogP contribution < -0.4 is 10.1 Å². The number of hydrogen-bond acceptors (Lipinski definition) is 2. The minimum Gasteiger partial charge on any atom is -0.457 e. The summed E-state index contributed by atoms with van der Waals surface area (Å²) in [7, 11) is 0. The summed E-state index contributed by atoms with van der Waals surface area (Å²) in [5.41, 5.74) is 0.615. The molecule has 0 aromatic heterocycles. The highest BCUT2D eigenvalue weighted by Gasteiger charge is 2.25. The average molecular weight is 332 g/mol. The molecule has 1 N–H and O–H groups in total. The zero-order valence-corrected chi connectivity index (χ0v) is 14.3. The van der Waals surface area contributed by atoms with Gasteiger partial charge in [0, 0.05) is 12.4 Å². The molecule has 23 heavy (non-hydrogen) atoms. The van der Waals surface area contributed by atoms with Crippen LogP contribution in [0.15, 0.2) is 54.6 Å². The van der Waals surface area contributed by atoms with Crippen LogP contribution in [0.1, 0.15) is 19.4 Å². The molecule has 0 atom stereocenters. The fourth-order valence-corrected chi connectivity index (χ4v) is 2.09. The highest BCUT2D eigenvalue weighted by molar-refractivity contribution is 6.19. The summed E-state index contributed by atoms with van der Waals surface area (Å²) in [5, 5.41) is 2.92. The monoisotopic (exact) mass is 331 g/mol. The summed E-state index contributed by atoms with van der Waals surface area (Å²) in [6, 6.07) is 17.6. The molecule has 0 unspecified atom stereocenters. The third-order valence-electron chi connectivity index (χ3n) is 3.55. The molecule has 0 aliphatic carbocycles. The van der Waals surface area contributed by atoms with Crippen LogP contribution in [-0.2, 0) is 11.2 Å². The third kappa shape index (κ3) is 5.29. The van der Waals surface area contributed by atoms with Crippen molar-refractivity contribution in [1.29, 1.82) is 0 Å². The van der Waals surface area contributed by atoms with Crippen molar-refractivity contribution < 1.29 is 9.53 Å². The molecule has 0 fully saturated rings. The van der Waals surface area contributed by atoms with Crippen molar-refractivity contribution in [2.45, 2.75) is 20.3 Å². The van der Waals surface area contributed by atoms with Gasteiger partial charge in [-0.25, -0.2) is 0 Å². The SMILES string of the molecule is CC(C)(CCl)C(=O)NCCc1ccc(Oc2ccccc2)cc1. The van der Waals surface area contributed by atoms with E-state index >= 15 is 0 Å². The number of amides is 1. The number of benzene rings is 2. The van der Waals surface area contributed by atoms with Gasteiger partial charge in [0.1, 0.15) is 11.5 Å². The standard InChI is InChI=1S/C19H22ClNO2/c1-19(2,14-20)18(22)21-13-12-15-8-10-17(11-9-15)23-16-6-4-3-5-7-16/h3-11H,12-14H2,1-2H3,(H,21,22). The normalized spacial score (nSPS) is 11.1. The van der Waals surface area contributed by atoms with Crippen molar-refractivity contribution in [2.75, 3.05) is 12.4 Å². The van der Waals surface area contributed by atoms with Gasteiger partial charge in [0.05, 0.1) is 5.41 Å². The maximum Gasteiger partial charge on any atom is 0.226 e. The minimum atomic E-state index is -0.533. The van der Waals surface area contributed by atoms with Crippen LogP contribution in [0.3, 0.4) is 0 Å². The largest absolute Gasteiger partial charge is 0.457 e. The van der Waals surface area contributed by atoms with Crippen LogP contribution >= 0.6 is 11.6 Å². The van der Waals surface area contributed by atoms with E-state index in [1.54, 1.807) is 0 Å². The molecule has 2 aromatic rings. The topological polar surface area (TPSA) is 38.3 Å².